The van der Waals surface area contributed by atoms with Crippen molar-refractivity contribution in [2.24, 2.45) is 0 Å². The molecule has 29 heavy (non-hydrogen) atoms. The van der Waals surface area contributed by atoms with Gasteiger partial charge in [-0.15, -0.1) is 0 Å². The molecule has 0 saturated carbocycles. The van der Waals surface area contributed by atoms with Crippen LogP contribution in [0.4, 0.5) is 0 Å². The first-order chi connectivity index (χ1) is 13.9. The number of hydrogen-bond acceptors (Lipinski definition) is 6. The molecule has 3 heterocycles. The van der Waals surface area contributed by atoms with Crippen LogP contribution in [0.1, 0.15) is 49.0 Å². The van der Waals surface area contributed by atoms with Crippen LogP contribution in [0.2, 0.25) is 0 Å². The van der Waals surface area contributed by atoms with Crippen molar-refractivity contribution in [1.82, 2.24) is 9.55 Å². The molecule has 1 aromatic heterocycles. The van der Waals surface area contributed by atoms with Gasteiger partial charge in [0.05, 0.1) is 31.8 Å². The maximum absolute atomic E-state index is 13.5. The van der Waals surface area contributed by atoms with E-state index in [1.54, 1.807) is 7.11 Å². The fraction of sp³-hybridized carbons (Fsp3) is 0.500. The van der Waals surface area contributed by atoms with Crippen molar-refractivity contribution in [3.8, 4) is 23.1 Å². The van der Waals surface area contributed by atoms with E-state index in [0.717, 1.165) is 35.4 Å². The molecule has 156 valence electrons. The molecule has 0 spiro atoms. The Labute approximate surface area is 173 Å². The number of benzene rings is 1. The summed E-state index contributed by atoms with van der Waals surface area (Å²) in [4.78, 5) is 16.7. The number of nitrogens with one attached hydrogen (secondary N) is 2. The summed E-state index contributed by atoms with van der Waals surface area (Å²) >= 11 is 5.29. The Morgan fingerprint density at radius 2 is 2.21 bits per heavy atom. The van der Waals surface area contributed by atoms with E-state index in [2.05, 4.69) is 4.98 Å². The SMILES string of the molecule is CCC(C)n1c([O-])c(C2c3c(cc4c(c3OC)OCO4)CC[NH+]2C)c(=O)[nH]c1=S. The van der Waals surface area contributed by atoms with Crippen LogP contribution in [0, 0.1) is 4.77 Å². The molecule has 0 fully saturated rings. The van der Waals surface area contributed by atoms with Crippen LogP contribution in [-0.4, -0.2) is 37.0 Å². The van der Waals surface area contributed by atoms with Gasteiger partial charge < -0.3 is 28.8 Å². The third-order valence-electron chi connectivity index (χ3n) is 5.97. The van der Waals surface area contributed by atoms with Gasteiger partial charge in [0.25, 0.3) is 5.56 Å². The summed E-state index contributed by atoms with van der Waals surface area (Å²) < 4.78 is 18.5. The first-order valence-corrected chi connectivity index (χ1v) is 10.2. The molecule has 3 atom stereocenters. The van der Waals surface area contributed by atoms with E-state index in [4.69, 9.17) is 26.4 Å². The highest BCUT2D eigenvalue weighted by molar-refractivity contribution is 7.71. The van der Waals surface area contributed by atoms with Crippen LogP contribution in [0.5, 0.6) is 23.1 Å². The van der Waals surface area contributed by atoms with Gasteiger partial charge in [0.15, 0.2) is 16.3 Å². The fourth-order valence-corrected chi connectivity index (χ4v) is 4.65. The zero-order chi connectivity index (χ0) is 20.9. The van der Waals surface area contributed by atoms with Crippen molar-refractivity contribution in [3.05, 3.63) is 37.9 Å². The molecule has 0 aliphatic carbocycles. The highest BCUT2D eigenvalue weighted by Gasteiger charge is 2.39. The second-order valence-electron chi connectivity index (χ2n) is 7.60. The molecule has 0 radical (unpaired) electrons. The monoisotopic (exact) mass is 419 g/mol. The van der Waals surface area contributed by atoms with Crippen LogP contribution >= 0.6 is 12.2 Å². The van der Waals surface area contributed by atoms with Crippen LogP contribution in [0.25, 0.3) is 0 Å². The van der Waals surface area contributed by atoms with Crippen LogP contribution in [0.15, 0.2) is 10.9 Å². The number of rotatable bonds is 4. The molecule has 2 aromatic rings. The third-order valence-corrected chi connectivity index (χ3v) is 6.27. The smallest absolute Gasteiger partial charge is 0.260 e. The third kappa shape index (κ3) is 3.00. The van der Waals surface area contributed by atoms with Gasteiger partial charge >= 0.3 is 0 Å². The van der Waals surface area contributed by atoms with Crippen LogP contribution < -0.4 is 29.8 Å². The molecule has 2 aliphatic heterocycles. The van der Waals surface area contributed by atoms with Crippen LogP contribution in [0.3, 0.4) is 0 Å². The lowest BCUT2D eigenvalue weighted by Gasteiger charge is -2.35. The number of fused-ring (bicyclic) bond motifs is 2. The minimum absolute atomic E-state index is 0.118. The van der Waals surface area contributed by atoms with E-state index in [1.807, 2.05) is 27.0 Å². The Hall–Kier alpha value is -2.52. The largest absolute Gasteiger partial charge is 0.859 e. The van der Waals surface area contributed by atoms with E-state index < -0.39 is 11.6 Å². The van der Waals surface area contributed by atoms with Crippen molar-refractivity contribution in [3.63, 3.8) is 0 Å². The number of aromatic amines is 1. The molecular weight excluding hydrogens is 394 g/mol. The van der Waals surface area contributed by atoms with Gasteiger partial charge in [-0.05, 0) is 43.1 Å². The minimum atomic E-state index is -0.495. The predicted molar refractivity (Wildman–Crippen MR) is 107 cm³/mol. The molecule has 0 saturated heterocycles. The van der Waals surface area contributed by atoms with E-state index >= 15 is 0 Å². The molecule has 3 unspecified atom stereocenters. The van der Waals surface area contributed by atoms with E-state index in [0.29, 0.717) is 17.2 Å². The van der Waals surface area contributed by atoms with Gasteiger partial charge in [-0.2, -0.15) is 0 Å². The van der Waals surface area contributed by atoms with Gasteiger partial charge in [-0.1, -0.05) is 6.92 Å². The summed E-state index contributed by atoms with van der Waals surface area (Å²) in [5.74, 6) is 1.33. The minimum Gasteiger partial charge on any atom is -0.859 e. The standard InChI is InChI=1S/C20H25N3O5S/c1-5-10(2)23-19(25)14(18(24)21-20(23)29)15-13-11(6-7-22(15)3)8-12-16(17(13)26-4)28-9-27-12/h8,10,15,25H,5-7,9H2,1-4H3,(H,21,24,29). The van der Waals surface area contributed by atoms with Gasteiger partial charge in [0.1, 0.15) is 6.04 Å². The van der Waals surface area contributed by atoms with E-state index in [9.17, 15) is 9.90 Å². The first-order valence-electron chi connectivity index (χ1n) is 9.76. The Morgan fingerprint density at radius 3 is 2.90 bits per heavy atom. The van der Waals surface area contributed by atoms with Crippen molar-refractivity contribution < 1.29 is 24.2 Å². The number of methoxy groups -OCH3 is 1. The number of ether oxygens (including phenoxy) is 3. The fourth-order valence-electron chi connectivity index (χ4n) is 4.30. The molecule has 2 N–H and O–H groups in total. The van der Waals surface area contributed by atoms with Crippen molar-refractivity contribution in [2.75, 3.05) is 27.5 Å². The number of aromatic nitrogens is 2. The number of quaternary nitrogens is 1. The summed E-state index contributed by atoms with van der Waals surface area (Å²) in [5, 5.41) is 13.5. The Kier molecular flexibility index (Phi) is 5.04. The topological polar surface area (TPSA) is 93.0 Å². The number of hydrogen-bond donors (Lipinski definition) is 2. The number of nitrogens with zero attached hydrogens (tertiary/aromatic N) is 1. The summed E-state index contributed by atoms with van der Waals surface area (Å²) in [7, 11) is 3.54. The average molecular weight is 420 g/mol. The molecule has 2 aliphatic rings. The van der Waals surface area contributed by atoms with Gasteiger partial charge in [0, 0.05) is 12.5 Å². The van der Waals surface area contributed by atoms with E-state index in [-0.39, 0.29) is 29.0 Å². The molecule has 8 nitrogen and oxygen atoms in total. The van der Waals surface area contributed by atoms with E-state index in [1.165, 1.54) is 4.57 Å². The summed E-state index contributed by atoms with van der Waals surface area (Å²) in [5.41, 5.74) is 1.53. The summed E-state index contributed by atoms with van der Waals surface area (Å²) in [6.45, 7) is 4.78. The molecule has 1 aromatic carbocycles. The lowest BCUT2D eigenvalue weighted by Crippen LogP contribution is -3.10. The predicted octanol–water partition coefficient (Wildman–Crippen LogP) is 0.848. The summed E-state index contributed by atoms with van der Waals surface area (Å²) in [6.07, 6.45) is 1.50. The maximum Gasteiger partial charge on any atom is 0.260 e. The zero-order valence-corrected chi connectivity index (χ0v) is 17.8. The quantitative estimate of drug-likeness (QED) is 0.714. The Bertz CT molecular complexity index is 1080. The van der Waals surface area contributed by atoms with Crippen LogP contribution in [-0.2, 0) is 6.42 Å². The second kappa shape index (κ2) is 7.38. The highest BCUT2D eigenvalue weighted by Crippen LogP contribution is 2.48. The zero-order valence-electron chi connectivity index (χ0n) is 17.0. The number of H-pyrrole nitrogens is 1. The molecule has 9 heteroatoms. The molecule has 0 amide bonds. The molecule has 0 bridgehead atoms. The van der Waals surface area contributed by atoms with Crippen molar-refractivity contribution >= 4 is 12.2 Å². The van der Waals surface area contributed by atoms with Crippen molar-refractivity contribution in [1.29, 1.82) is 0 Å². The summed E-state index contributed by atoms with van der Waals surface area (Å²) in [6, 6.07) is 1.32. The Morgan fingerprint density at radius 1 is 1.45 bits per heavy atom. The van der Waals surface area contributed by atoms with Gasteiger partial charge in [-0.3, -0.25) is 9.78 Å². The van der Waals surface area contributed by atoms with Gasteiger partial charge in [0.2, 0.25) is 12.5 Å². The molecule has 4 rings (SSSR count). The lowest BCUT2D eigenvalue weighted by molar-refractivity contribution is -0.908. The normalized spacial score (nSPS) is 21.0. The average Bonchev–Trinajstić information content (AvgIpc) is 3.15. The Balaban J connectivity index is 2.01. The maximum atomic E-state index is 13.5. The lowest BCUT2D eigenvalue weighted by atomic mass is 9.87. The van der Waals surface area contributed by atoms with Gasteiger partial charge in [-0.25, -0.2) is 0 Å². The first kappa shape index (κ1) is 19.8. The molecular formula is C20H25N3O5S. The second-order valence-corrected chi connectivity index (χ2v) is 7.99. The van der Waals surface area contributed by atoms with Crippen molar-refractivity contribution in [2.45, 2.75) is 38.8 Å². The number of likely N-dealkylation sites (N-methyl/N-ethyl adjacent to an activating group) is 1. The highest BCUT2D eigenvalue weighted by atomic mass is 32.1.